The van der Waals surface area contributed by atoms with Gasteiger partial charge in [0.1, 0.15) is 23.5 Å². The number of carbonyl (C=O) groups excluding carboxylic acids is 1. The van der Waals surface area contributed by atoms with Gasteiger partial charge in [-0.2, -0.15) is 0 Å². The molecule has 1 fully saturated rings. The number of nitrogens with zero attached hydrogens (tertiary/aromatic N) is 1. The molecule has 0 saturated carbocycles. The van der Waals surface area contributed by atoms with Crippen molar-refractivity contribution in [1.29, 1.82) is 0 Å². The highest BCUT2D eigenvalue weighted by Gasteiger charge is 2.30. The molecule has 1 atom stereocenters. The second-order valence-electron chi connectivity index (χ2n) is 6.78. The lowest BCUT2D eigenvalue weighted by atomic mass is 10.2. The molecule has 1 unspecified atom stereocenters. The first-order valence-electron chi connectivity index (χ1n) is 9.65. The van der Waals surface area contributed by atoms with E-state index in [4.69, 9.17) is 9.47 Å². The smallest absolute Gasteiger partial charge is 0.249 e. The van der Waals surface area contributed by atoms with Crippen LogP contribution in [0.15, 0.2) is 84.9 Å². The molecular formula is C24H23NO3S. The minimum atomic E-state index is -0.0119. The van der Waals surface area contributed by atoms with Crippen LogP contribution in [0.2, 0.25) is 0 Å². The maximum Gasteiger partial charge on any atom is 0.249 e. The van der Waals surface area contributed by atoms with E-state index in [1.165, 1.54) is 0 Å². The van der Waals surface area contributed by atoms with E-state index in [1.54, 1.807) is 11.8 Å². The summed E-state index contributed by atoms with van der Waals surface area (Å²) in [4.78, 5) is 14.7. The summed E-state index contributed by atoms with van der Waals surface area (Å²) in [5.41, 5.74) is 2.13. The molecule has 0 aliphatic carbocycles. The van der Waals surface area contributed by atoms with Crippen LogP contribution in [0.3, 0.4) is 0 Å². The molecule has 3 aromatic rings. The van der Waals surface area contributed by atoms with Gasteiger partial charge in [0.25, 0.3) is 0 Å². The number of para-hydroxylation sites is 1. The highest BCUT2D eigenvalue weighted by atomic mass is 32.2. The number of benzene rings is 3. The largest absolute Gasteiger partial charge is 0.457 e. The Bertz CT molecular complexity index is 933. The second kappa shape index (κ2) is 9.63. The fourth-order valence-corrected chi connectivity index (χ4v) is 4.54. The predicted octanol–water partition coefficient (Wildman–Crippen LogP) is 5.27. The van der Waals surface area contributed by atoms with Crippen LogP contribution in [0.4, 0.5) is 0 Å². The first-order valence-corrected chi connectivity index (χ1v) is 10.7. The first-order chi connectivity index (χ1) is 14.3. The van der Waals surface area contributed by atoms with Gasteiger partial charge in [0.15, 0.2) is 0 Å². The molecule has 4 rings (SSSR count). The Labute approximate surface area is 175 Å². The third-order valence-electron chi connectivity index (χ3n) is 4.67. The Kier molecular flexibility index (Phi) is 6.49. The van der Waals surface area contributed by atoms with Gasteiger partial charge in [-0.05, 0) is 35.4 Å². The molecule has 0 aromatic heterocycles. The summed E-state index contributed by atoms with van der Waals surface area (Å²) in [6.07, 6.45) is 0. The SMILES string of the molecule is O=C(COCc1ccccc1)N1CCSC1c1cccc(Oc2ccccc2)c1. The molecule has 0 bridgehead atoms. The number of ether oxygens (including phenoxy) is 2. The zero-order valence-corrected chi connectivity index (χ0v) is 16.9. The van der Waals surface area contributed by atoms with Crippen molar-refractivity contribution in [3.05, 3.63) is 96.1 Å². The summed E-state index contributed by atoms with van der Waals surface area (Å²) < 4.78 is 11.6. The third kappa shape index (κ3) is 5.19. The van der Waals surface area contributed by atoms with Crippen LogP contribution in [-0.2, 0) is 16.1 Å². The zero-order valence-electron chi connectivity index (χ0n) is 16.1. The van der Waals surface area contributed by atoms with E-state index in [0.29, 0.717) is 6.61 Å². The van der Waals surface area contributed by atoms with Crippen molar-refractivity contribution < 1.29 is 14.3 Å². The molecule has 0 radical (unpaired) electrons. The van der Waals surface area contributed by atoms with Crippen LogP contribution in [0.5, 0.6) is 11.5 Å². The average Bonchev–Trinajstić information content (AvgIpc) is 3.26. The minimum absolute atomic E-state index is 0.0119. The van der Waals surface area contributed by atoms with Gasteiger partial charge in [0.2, 0.25) is 5.91 Å². The molecule has 0 spiro atoms. The standard InChI is InChI=1S/C24H23NO3S/c26-23(18-27-17-19-8-3-1-4-9-19)25-14-15-29-24(25)20-10-7-13-22(16-20)28-21-11-5-2-6-12-21/h1-13,16,24H,14-15,17-18H2. The topological polar surface area (TPSA) is 38.8 Å². The molecule has 148 valence electrons. The van der Waals surface area contributed by atoms with Crippen molar-refractivity contribution in [2.24, 2.45) is 0 Å². The minimum Gasteiger partial charge on any atom is -0.457 e. The molecule has 1 saturated heterocycles. The van der Waals surface area contributed by atoms with Gasteiger partial charge in [-0.3, -0.25) is 4.79 Å². The average molecular weight is 406 g/mol. The van der Waals surface area contributed by atoms with E-state index in [9.17, 15) is 4.79 Å². The van der Waals surface area contributed by atoms with Crippen molar-refractivity contribution in [3.63, 3.8) is 0 Å². The van der Waals surface area contributed by atoms with Gasteiger partial charge < -0.3 is 14.4 Å². The fraction of sp³-hybridized carbons (Fsp3) is 0.208. The van der Waals surface area contributed by atoms with E-state index in [1.807, 2.05) is 89.8 Å². The fourth-order valence-electron chi connectivity index (χ4n) is 3.27. The second-order valence-corrected chi connectivity index (χ2v) is 7.96. The van der Waals surface area contributed by atoms with E-state index in [2.05, 4.69) is 0 Å². The van der Waals surface area contributed by atoms with Gasteiger partial charge in [-0.1, -0.05) is 60.7 Å². The molecule has 0 N–H and O–H groups in total. The summed E-state index contributed by atoms with van der Waals surface area (Å²) in [6, 6.07) is 27.6. The van der Waals surface area contributed by atoms with Gasteiger partial charge in [-0.25, -0.2) is 0 Å². The van der Waals surface area contributed by atoms with Crippen LogP contribution in [0.25, 0.3) is 0 Å². The Morgan fingerprint density at radius 2 is 1.66 bits per heavy atom. The quantitative estimate of drug-likeness (QED) is 0.537. The van der Waals surface area contributed by atoms with Crippen molar-refractivity contribution in [2.45, 2.75) is 12.0 Å². The lowest BCUT2D eigenvalue weighted by Crippen LogP contribution is -2.33. The van der Waals surface area contributed by atoms with Crippen LogP contribution >= 0.6 is 11.8 Å². The maximum absolute atomic E-state index is 12.8. The number of carbonyl (C=O) groups is 1. The summed E-state index contributed by atoms with van der Waals surface area (Å²) in [5.74, 6) is 2.50. The normalized spacial score (nSPS) is 16.0. The predicted molar refractivity (Wildman–Crippen MR) is 116 cm³/mol. The van der Waals surface area contributed by atoms with E-state index < -0.39 is 0 Å². The zero-order chi connectivity index (χ0) is 19.9. The molecule has 4 nitrogen and oxygen atoms in total. The Hall–Kier alpha value is -2.76. The number of hydrogen-bond donors (Lipinski definition) is 0. The number of hydrogen-bond acceptors (Lipinski definition) is 4. The van der Waals surface area contributed by atoms with E-state index in [0.717, 1.165) is 34.9 Å². The lowest BCUT2D eigenvalue weighted by Gasteiger charge is -2.24. The Balaban J connectivity index is 1.38. The number of thioether (sulfide) groups is 1. The van der Waals surface area contributed by atoms with E-state index >= 15 is 0 Å². The van der Waals surface area contributed by atoms with Crippen LogP contribution in [0, 0.1) is 0 Å². The highest BCUT2D eigenvalue weighted by molar-refractivity contribution is 7.99. The molecule has 1 amide bonds. The Morgan fingerprint density at radius 3 is 2.45 bits per heavy atom. The van der Waals surface area contributed by atoms with Crippen molar-refractivity contribution >= 4 is 17.7 Å². The molecular weight excluding hydrogens is 382 g/mol. The lowest BCUT2D eigenvalue weighted by molar-refractivity contribution is -0.136. The third-order valence-corrected chi connectivity index (χ3v) is 5.93. The summed E-state index contributed by atoms with van der Waals surface area (Å²) in [5, 5.41) is -0.0119. The van der Waals surface area contributed by atoms with Gasteiger partial charge >= 0.3 is 0 Å². The summed E-state index contributed by atoms with van der Waals surface area (Å²) in [6.45, 7) is 1.26. The molecule has 1 aliphatic heterocycles. The molecule has 3 aromatic carbocycles. The van der Waals surface area contributed by atoms with Crippen molar-refractivity contribution in [3.8, 4) is 11.5 Å². The number of amides is 1. The summed E-state index contributed by atoms with van der Waals surface area (Å²) >= 11 is 1.77. The molecule has 5 heteroatoms. The van der Waals surface area contributed by atoms with Crippen molar-refractivity contribution in [1.82, 2.24) is 4.90 Å². The van der Waals surface area contributed by atoms with Gasteiger partial charge in [0, 0.05) is 12.3 Å². The first kappa shape index (κ1) is 19.6. The maximum atomic E-state index is 12.8. The Morgan fingerprint density at radius 1 is 0.931 bits per heavy atom. The van der Waals surface area contributed by atoms with Gasteiger partial charge in [0.05, 0.1) is 6.61 Å². The molecule has 1 heterocycles. The molecule has 29 heavy (non-hydrogen) atoms. The highest BCUT2D eigenvalue weighted by Crippen LogP contribution is 2.39. The van der Waals surface area contributed by atoms with Crippen LogP contribution < -0.4 is 4.74 Å². The van der Waals surface area contributed by atoms with Crippen LogP contribution in [-0.4, -0.2) is 29.7 Å². The van der Waals surface area contributed by atoms with Gasteiger partial charge in [-0.15, -0.1) is 11.8 Å². The summed E-state index contributed by atoms with van der Waals surface area (Å²) in [7, 11) is 0. The molecule has 1 aliphatic rings. The van der Waals surface area contributed by atoms with Crippen molar-refractivity contribution in [2.75, 3.05) is 18.9 Å². The number of rotatable bonds is 7. The monoisotopic (exact) mass is 405 g/mol. The van der Waals surface area contributed by atoms with E-state index in [-0.39, 0.29) is 17.9 Å². The van der Waals surface area contributed by atoms with Crippen LogP contribution in [0.1, 0.15) is 16.5 Å².